The van der Waals surface area contributed by atoms with E-state index < -0.39 is 22.0 Å². The van der Waals surface area contributed by atoms with E-state index in [0.29, 0.717) is 5.52 Å². The van der Waals surface area contributed by atoms with Gasteiger partial charge in [0.2, 0.25) is 10.0 Å². The maximum Gasteiger partial charge on any atom is 0.323 e. The van der Waals surface area contributed by atoms with Gasteiger partial charge in [-0.3, -0.25) is 9.78 Å². The predicted molar refractivity (Wildman–Crippen MR) is 78.3 cm³/mol. The fraction of sp³-hybridized carbons (Fsp3) is 0.286. The van der Waals surface area contributed by atoms with Crippen LogP contribution < -0.4 is 4.72 Å². The lowest BCUT2D eigenvalue weighted by Crippen LogP contribution is -2.39. The summed E-state index contributed by atoms with van der Waals surface area (Å²) in [6.07, 6.45) is 1.60. The summed E-state index contributed by atoms with van der Waals surface area (Å²) >= 11 is 0. The number of fused-ring (bicyclic) bond motifs is 1. The number of nitrogens with zero attached hydrogens (tertiary/aromatic N) is 1. The second-order valence-electron chi connectivity index (χ2n) is 4.71. The van der Waals surface area contributed by atoms with Gasteiger partial charge in [0.1, 0.15) is 10.9 Å². The highest BCUT2D eigenvalue weighted by Crippen LogP contribution is 2.21. The van der Waals surface area contributed by atoms with Crippen LogP contribution >= 0.6 is 0 Å². The minimum atomic E-state index is -3.87. The number of carbonyl (C=O) groups excluding carboxylic acids is 1. The molecule has 0 amide bonds. The molecule has 7 heteroatoms. The van der Waals surface area contributed by atoms with Gasteiger partial charge in [0.15, 0.2) is 0 Å². The molecule has 1 unspecified atom stereocenters. The van der Waals surface area contributed by atoms with Crippen LogP contribution in [0.2, 0.25) is 0 Å². The summed E-state index contributed by atoms with van der Waals surface area (Å²) in [7, 11) is -2.66. The Labute approximate surface area is 123 Å². The number of rotatable bonds is 4. The van der Waals surface area contributed by atoms with Gasteiger partial charge in [-0.25, -0.2) is 8.42 Å². The van der Waals surface area contributed by atoms with Crippen molar-refractivity contribution in [3.63, 3.8) is 0 Å². The van der Waals surface area contributed by atoms with Gasteiger partial charge in [-0.15, -0.1) is 0 Å². The number of para-hydroxylation sites is 1. The Hall–Kier alpha value is -1.99. The van der Waals surface area contributed by atoms with Gasteiger partial charge in [-0.05, 0) is 31.5 Å². The van der Waals surface area contributed by atoms with Gasteiger partial charge >= 0.3 is 5.97 Å². The van der Waals surface area contributed by atoms with Crippen LogP contribution in [0.4, 0.5) is 0 Å². The number of ether oxygens (including phenoxy) is 1. The number of sulfonamides is 1. The standard InChI is InChI=1S/C14H16N2O4S/c1-9-7-11-5-4-6-12(13(11)15-8-9)21(18,19)16-10(2)14(17)20-3/h4-8,10,16H,1-3H3. The van der Waals surface area contributed by atoms with Crippen LogP contribution in [0.25, 0.3) is 10.9 Å². The Bertz CT molecular complexity index is 787. The van der Waals surface area contributed by atoms with Crippen LogP contribution in [0.15, 0.2) is 35.4 Å². The SMILES string of the molecule is COC(=O)C(C)NS(=O)(=O)c1cccc2cc(C)cnc12. The van der Waals surface area contributed by atoms with Crippen molar-refractivity contribution >= 4 is 26.9 Å². The number of aromatic nitrogens is 1. The normalized spacial score (nSPS) is 13.1. The second kappa shape index (κ2) is 5.79. The zero-order valence-electron chi connectivity index (χ0n) is 12.0. The highest BCUT2D eigenvalue weighted by molar-refractivity contribution is 7.89. The number of pyridine rings is 1. The minimum Gasteiger partial charge on any atom is -0.468 e. The van der Waals surface area contributed by atoms with E-state index in [-0.39, 0.29) is 4.90 Å². The number of hydrogen-bond donors (Lipinski definition) is 1. The predicted octanol–water partition coefficient (Wildman–Crippen LogP) is 1.38. The molecule has 1 atom stereocenters. The molecular weight excluding hydrogens is 292 g/mol. The van der Waals surface area contributed by atoms with Gasteiger partial charge in [-0.1, -0.05) is 12.1 Å². The third kappa shape index (κ3) is 3.20. The van der Waals surface area contributed by atoms with Crippen LogP contribution in [0.1, 0.15) is 12.5 Å². The quantitative estimate of drug-likeness (QED) is 0.863. The number of esters is 1. The number of carbonyl (C=O) groups is 1. The van der Waals surface area contributed by atoms with E-state index in [0.717, 1.165) is 10.9 Å². The van der Waals surface area contributed by atoms with Crippen LogP contribution in [0.5, 0.6) is 0 Å². The van der Waals surface area contributed by atoms with E-state index in [1.54, 1.807) is 18.3 Å². The van der Waals surface area contributed by atoms with Crippen molar-refractivity contribution in [1.82, 2.24) is 9.71 Å². The third-order valence-corrected chi connectivity index (χ3v) is 4.56. The summed E-state index contributed by atoms with van der Waals surface area (Å²) in [5.41, 5.74) is 1.31. The summed E-state index contributed by atoms with van der Waals surface area (Å²) in [6.45, 7) is 3.30. The summed E-state index contributed by atoms with van der Waals surface area (Å²) in [4.78, 5) is 15.6. The molecule has 0 fully saturated rings. The third-order valence-electron chi connectivity index (χ3n) is 2.99. The number of methoxy groups -OCH3 is 1. The van der Waals surface area contributed by atoms with Crippen molar-refractivity contribution in [1.29, 1.82) is 0 Å². The lowest BCUT2D eigenvalue weighted by atomic mass is 10.2. The molecule has 2 aromatic rings. The maximum atomic E-state index is 12.4. The largest absolute Gasteiger partial charge is 0.468 e. The Morgan fingerprint density at radius 2 is 2.10 bits per heavy atom. The van der Waals surface area contributed by atoms with Gasteiger partial charge in [0.05, 0.1) is 12.6 Å². The maximum absolute atomic E-state index is 12.4. The van der Waals surface area contributed by atoms with Gasteiger partial charge in [0.25, 0.3) is 0 Å². The van der Waals surface area contributed by atoms with Crippen molar-refractivity contribution in [2.45, 2.75) is 24.8 Å². The fourth-order valence-electron chi connectivity index (χ4n) is 1.98. The molecule has 1 aromatic carbocycles. The first kappa shape index (κ1) is 15.4. The molecule has 1 aromatic heterocycles. The molecule has 0 aliphatic heterocycles. The molecule has 2 rings (SSSR count). The first-order chi connectivity index (χ1) is 9.85. The van der Waals surface area contributed by atoms with Gasteiger partial charge < -0.3 is 4.74 Å². The van der Waals surface area contributed by atoms with Gasteiger partial charge in [0, 0.05) is 11.6 Å². The molecule has 0 radical (unpaired) electrons. The van der Waals surface area contributed by atoms with E-state index in [9.17, 15) is 13.2 Å². The first-order valence-corrected chi connectivity index (χ1v) is 7.79. The molecule has 0 saturated heterocycles. The first-order valence-electron chi connectivity index (χ1n) is 6.30. The molecule has 0 saturated carbocycles. The molecular formula is C14H16N2O4S. The van der Waals surface area contributed by atoms with Crippen molar-refractivity contribution in [3.8, 4) is 0 Å². The summed E-state index contributed by atoms with van der Waals surface area (Å²) < 4.78 is 31.6. The monoisotopic (exact) mass is 308 g/mol. The fourth-order valence-corrected chi connectivity index (χ4v) is 3.35. The number of benzene rings is 1. The molecule has 0 bridgehead atoms. The average molecular weight is 308 g/mol. The molecule has 0 aliphatic carbocycles. The summed E-state index contributed by atoms with van der Waals surface area (Å²) in [6, 6.07) is 5.77. The highest BCUT2D eigenvalue weighted by atomic mass is 32.2. The summed E-state index contributed by atoms with van der Waals surface area (Å²) in [5.74, 6) is -0.650. The molecule has 1 N–H and O–H groups in total. The van der Waals surface area contributed by atoms with Crippen molar-refractivity contribution in [3.05, 3.63) is 36.0 Å². The lowest BCUT2D eigenvalue weighted by molar-refractivity contribution is -0.142. The smallest absolute Gasteiger partial charge is 0.323 e. The second-order valence-corrected chi connectivity index (χ2v) is 6.39. The lowest BCUT2D eigenvalue weighted by Gasteiger charge is -2.13. The van der Waals surface area contributed by atoms with Crippen molar-refractivity contribution in [2.75, 3.05) is 7.11 Å². The molecule has 112 valence electrons. The van der Waals surface area contributed by atoms with E-state index in [4.69, 9.17) is 0 Å². The van der Waals surface area contributed by atoms with Crippen LogP contribution in [-0.2, 0) is 19.6 Å². The van der Waals surface area contributed by atoms with Crippen LogP contribution in [0.3, 0.4) is 0 Å². The molecule has 0 aliphatic rings. The number of hydrogen-bond acceptors (Lipinski definition) is 5. The van der Waals surface area contributed by atoms with Gasteiger partial charge in [-0.2, -0.15) is 4.72 Å². The Balaban J connectivity index is 2.48. The van der Waals surface area contributed by atoms with E-state index in [2.05, 4.69) is 14.4 Å². The van der Waals surface area contributed by atoms with E-state index in [1.165, 1.54) is 20.1 Å². The Morgan fingerprint density at radius 3 is 2.76 bits per heavy atom. The van der Waals surface area contributed by atoms with Crippen LogP contribution in [0, 0.1) is 6.92 Å². The molecule has 21 heavy (non-hydrogen) atoms. The van der Waals surface area contributed by atoms with Crippen molar-refractivity contribution in [2.24, 2.45) is 0 Å². The van der Waals surface area contributed by atoms with Crippen LogP contribution in [-0.4, -0.2) is 32.5 Å². The molecule has 6 nitrogen and oxygen atoms in total. The minimum absolute atomic E-state index is 0.0377. The zero-order chi connectivity index (χ0) is 15.6. The van der Waals surface area contributed by atoms with E-state index >= 15 is 0 Å². The number of nitrogens with one attached hydrogen (secondary N) is 1. The average Bonchev–Trinajstić information content (AvgIpc) is 2.44. The topological polar surface area (TPSA) is 85.4 Å². The Morgan fingerprint density at radius 1 is 1.38 bits per heavy atom. The zero-order valence-corrected chi connectivity index (χ0v) is 12.8. The summed E-state index contributed by atoms with van der Waals surface area (Å²) in [5, 5.41) is 0.726. The molecule has 1 heterocycles. The van der Waals surface area contributed by atoms with Crippen molar-refractivity contribution < 1.29 is 17.9 Å². The Kier molecular flexibility index (Phi) is 4.24. The van der Waals surface area contributed by atoms with E-state index in [1.807, 2.05) is 13.0 Å². The highest BCUT2D eigenvalue weighted by Gasteiger charge is 2.24. The molecule has 0 spiro atoms. The number of aryl methyl sites for hydroxylation is 1.